The molecule has 1 aliphatic heterocycles. The van der Waals surface area contributed by atoms with E-state index in [1.165, 1.54) is 0 Å². The first-order valence-electron chi connectivity index (χ1n) is 8.09. The first kappa shape index (κ1) is 15.7. The predicted octanol–water partition coefficient (Wildman–Crippen LogP) is 1.32. The summed E-state index contributed by atoms with van der Waals surface area (Å²) in [5.74, 6) is 0.196. The molecule has 1 aromatic rings. The van der Waals surface area contributed by atoms with Crippen LogP contribution in [0.3, 0.4) is 0 Å². The number of hydrogen-bond donors (Lipinski definition) is 1. The van der Waals surface area contributed by atoms with Gasteiger partial charge in [0, 0.05) is 32.6 Å². The lowest BCUT2D eigenvalue weighted by Crippen LogP contribution is -2.52. The lowest BCUT2D eigenvalue weighted by Gasteiger charge is -2.39. The van der Waals surface area contributed by atoms with Gasteiger partial charge in [0.2, 0.25) is 11.8 Å². The summed E-state index contributed by atoms with van der Waals surface area (Å²) in [7, 11) is 1.79. The van der Waals surface area contributed by atoms with E-state index in [0.717, 1.165) is 12.0 Å². The number of nitrogens with two attached hydrogens (primary N) is 1. The van der Waals surface area contributed by atoms with Crippen LogP contribution in [-0.2, 0) is 9.59 Å². The molecule has 1 heterocycles. The molecule has 0 saturated carbocycles. The van der Waals surface area contributed by atoms with Crippen LogP contribution in [-0.4, -0.2) is 47.8 Å². The Balaban J connectivity index is 1.79. The average Bonchev–Trinajstić information content (AvgIpc) is 2.95. The third-order valence-electron chi connectivity index (χ3n) is 4.68. The van der Waals surface area contributed by atoms with Crippen molar-refractivity contribution in [2.24, 2.45) is 11.7 Å². The zero-order valence-corrected chi connectivity index (χ0v) is 13.4. The molecule has 2 N–H and O–H groups in total. The van der Waals surface area contributed by atoms with E-state index in [4.69, 9.17) is 5.73 Å². The minimum absolute atomic E-state index is 0.0190. The number of amides is 2. The first-order chi connectivity index (χ1) is 11.1. The van der Waals surface area contributed by atoms with Gasteiger partial charge in [0.25, 0.3) is 0 Å². The number of allylic oxidation sites excluding steroid dienone is 1. The Hall–Kier alpha value is -2.14. The number of rotatable bonds is 3. The van der Waals surface area contributed by atoms with Crippen LogP contribution < -0.4 is 5.73 Å². The van der Waals surface area contributed by atoms with Crippen LogP contribution in [0.4, 0.5) is 0 Å². The van der Waals surface area contributed by atoms with Crippen LogP contribution in [0.2, 0.25) is 0 Å². The molecule has 0 aromatic heterocycles. The van der Waals surface area contributed by atoms with Crippen molar-refractivity contribution in [2.45, 2.75) is 24.9 Å². The van der Waals surface area contributed by atoms with Crippen molar-refractivity contribution in [1.82, 2.24) is 9.80 Å². The first-order valence-corrected chi connectivity index (χ1v) is 8.09. The predicted molar refractivity (Wildman–Crippen MR) is 88.4 cm³/mol. The maximum atomic E-state index is 12.8. The van der Waals surface area contributed by atoms with Crippen LogP contribution in [0.1, 0.15) is 24.4 Å². The number of piperazine rings is 1. The highest BCUT2D eigenvalue weighted by molar-refractivity contribution is 5.89. The Morgan fingerprint density at radius 2 is 1.96 bits per heavy atom. The highest BCUT2D eigenvalue weighted by Gasteiger charge is 2.37. The molecule has 1 saturated heterocycles. The van der Waals surface area contributed by atoms with Gasteiger partial charge in [-0.25, -0.2) is 0 Å². The van der Waals surface area contributed by atoms with Crippen molar-refractivity contribution in [3.05, 3.63) is 48.0 Å². The van der Waals surface area contributed by atoms with E-state index < -0.39 is 6.04 Å². The van der Waals surface area contributed by atoms with Crippen molar-refractivity contribution >= 4 is 11.8 Å². The molecule has 0 bridgehead atoms. The van der Waals surface area contributed by atoms with E-state index in [1.807, 2.05) is 42.5 Å². The molecule has 23 heavy (non-hydrogen) atoms. The minimum atomic E-state index is -0.512. The fourth-order valence-electron chi connectivity index (χ4n) is 3.37. The van der Waals surface area contributed by atoms with E-state index in [2.05, 4.69) is 0 Å². The third kappa shape index (κ3) is 3.29. The zero-order valence-electron chi connectivity index (χ0n) is 13.4. The van der Waals surface area contributed by atoms with Gasteiger partial charge in [0.15, 0.2) is 0 Å². The molecule has 1 aliphatic carbocycles. The Kier molecular flexibility index (Phi) is 4.48. The number of nitrogens with zero attached hydrogens (tertiary/aromatic N) is 2. The smallest absolute Gasteiger partial charge is 0.249 e. The lowest BCUT2D eigenvalue weighted by molar-refractivity contribution is -0.151. The maximum Gasteiger partial charge on any atom is 0.249 e. The molecule has 0 spiro atoms. The van der Waals surface area contributed by atoms with Crippen LogP contribution in [0.15, 0.2) is 42.5 Å². The second kappa shape index (κ2) is 6.54. The number of likely N-dealkylation sites (N-methyl/N-ethyl adjacent to an activating group) is 1. The van der Waals surface area contributed by atoms with Crippen LogP contribution in [0.25, 0.3) is 0 Å². The molecule has 5 heteroatoms. The highest BCUT2D eigenvalue weighted by atomic mass is 16.2. The zero-order chi connectivity index (χ0) is 16.4. The van der Waals surface area contributed by atoms with Gasteiger partial charge >= 0.3 is 0 Å². The molecule has 0 radical (unpaired) electrons. The van der Waals surface area contributed by atoms with Crippen molar-refractivity contribution in [3.8, 4) is 0 Å². The van der Waals surface area contributed by atoms with E-state index >= 15 is 0 Å². The summed E-state index contributed by atoms with van der Waals surface area (Å²) >= 11 is 0. The van der Waals surface area contributed by atoms with Crippen LogP contribution in [0.5, 0.6) is 0 Å². The van der Waals surface area contributed by atoms with Gasteiger partial charge < -0.3 is 15.5 Å². The van der Waals surface area contributed by atoms with Gasteiger partial charge in [-0.15, -0.1) is 0 Å². The molecule has 1 aromatic carbocycles. The summed E-state index contributed by atoms with van der Waals surface area (Å²) in [6, 6.07) is 9.07. The summed E-state index contributed by atoms with van der Waals surface area (Å²) in [5.41, 5.74) is 6.74. The average molecular weight is 313 g/mol. The van der Waals surface area contributed by atoms with Gasteiger partial charge in [-0.2, -0.15) is 0 Å². The largest absolute Gasteiger partial charge is 0.342 e. The standard InChI is InChI=1S/C18H23N3O2/c1-20-9-10-21(16(22)12-13-7-8-15(19)11-13)17(18(20)23)14-5-3-2-4-6-14/h2-8,13,15,17H,9-12,19H2,1H3/t13-,15+,17?/m0/s1. The number of carbonyl (C=O) groups is 2. The molecule has 1 unspecified atom stereocenters. The number of carbonyl (C=O) groups excluding carboxylic acids is 2. The Labute approximate surface area is 136 Å². The van der Waals surface area contributed by atoms with Gasteiger partial charge in [0.1, 0.15) is 6.04 Å². The Morgan fingerprint density at radius 3 is 2.61 bits per heavy atom. The second-order valence-electron chi connectivity index (χ2n) is 6.41. The number of benzene rings is 1. The molecule has 3 rings (SSSR count). The quantitative estimate of drug-likeness (QED) is 0.856. The third-order valence-corrected chi connectivity index (χ3v) is 4.68. The van der Waals surface area contributed by atoms with Gasteiger partial charge in [-0.1, -0.05) is 42.5 Å². The van der Waals surface area contributed by atoms with Crippen molar-refractivity contribution < 1.29 is 9.59 Å². The molecule has 2 amide bonds. The summed E-state index contributed by atoms with van der Waals surface area (Å²) in [5, 5.41) is 0. The SMILES string of the molecule is CN1CCN(C(=O)C[C@H]2C=C[C@@H](N)C2)C(c2ccccc2)C1=O. The van der Waals surface area contributed by atoms with Crippen LogP contribution in [0, 0.1) is 5.92 Å². The van der Waals surface area contributed by atoms with Crippen LogP contribution >= 0.6 is 0 Å². The maximum absolute atomic E-state index is 12.8. The van der Waals surface area contributed by atoms with Gasteiger partial charge in [-0.3, -0.25) is 9.59 Å². The lowest BCUT2D eigenvalue weighted by atomic mass is 9.98. The van der Waals surface area contributed by atoms with Crippen molar-refractivity contribution in [1.29, 1.82) is 0 Å². The normalized spacial score (nSPS) is 27.6. The molecule has 122 valence electrons. The fraction of sp³-hybridized carbons (Fsp3) is 0.444. The van der Waals surface area contributed by atoms with E-state index in [1.54, 1.807) is 16.8 Å². The Bertz CT molecular complexity index is 614. The monoisotopic (exact) mass is 313 g/mol. The van der Waals surface area contributed by atoms with E-state index in [0.29, 0.717) is 19.5 Å². The van der Waals surface area contributed by atoms with Gasteiger partial charge in [-0.05, 0) is 17.9 Å². The number of hydrogen-bond acceptors (Lipinski definition) is 3. The highest BCUT2D eigenvalue weighted by Crippen LogP contribution is 2.29. The molecule has 1 fully saturated rings. The fourth-order valence-corrected chi connectivity index (χ4v) is 3.37. The summed E-state index contributed by atoms with van der Waals surface area (Å²) < 4.78 is 0. The summed E-state index contributed by atoms with van der Waals surface area (Å²) in [4.78, 5) is 28.8. The molecular weight excluding hydrogens is 290 g/mol. The van der Waals surface area contributed by atoms with E-state index in [-0.39, 0.29) is 23.8 Å². The summed E-state index contributed by atoms with van der Waals surface area (Å²) in [6.45, 7) is 1.15. The Morgan fingerprint density at radius 1 is 1.22 bits per heavy atom. The van der Waals surface area contributed by atoms with Crippen molar-refractivity contribution in [2.75, 3.05) is 20.1 Å². The molecule has 2 aliphatic rings. The topological polar surface area (TPSA) is 66.6 Å². The van der Waals surface area contributed by atoms with Gasteiger partial charge in [0.05, 0.1) is 0 Å². The minimum Gasteiger partial charge on any atom is -0.342 e. The molecular formula is C18H23N3O2. The summed E-state index contributed by atoms with van der Waals surface area (Å²) in [6.07, 6.45) is 5.22. The van der Waals surface area contributed by atoms with E-state index in [9.17, 15) is 9.59 Å². The molecule has 3 atom stereocenters. The molecule has 5 nitrogen and oxygen atoms in total. The second-order valence-corrected chi connectivity index (χ2v) is 6.41. The van der Waals surface area contributed by atoms with Crippen molar-refractivity contribution in [3.63, 3.8) is 0 Å².